The van der Waals surface area contributed by atoms with Gasteiger partial charge in [0.05, 0.1) is 5.69 Å². The molecule has 0 unspecified atom stereocenters. The van der Waals surface area contributed by atoms with E-state index in [0.29, 0.717) is 0 Å². The maximum absolute atomic E-state index is 3.83. The third kappa shape index (κ3) is 4.34. The van der Waals surface area contributed by atoms with Gasteiger partial charge in [0.25, 0.3) is 0 Å². The van der Waals surface area contributed by atoms with Gasteiger partial charge in [-0.1, -0.05) is 135 Å². The Morgan fingerprint density at radius 2 is 1.34 bits per heavy atom. The van der Waals surface area contributed by atoms with Crippen LogP contribution in [0.1, 0.15) is 30.5 Å². The molecule has 1 N–H and O–H groups in total. The molecule has 0 atom stereocenters. The van der Waals surface area contributed by atoms with Crippen LogP contribution >= 0.6 is 0 Å². The second-order valence-corrected chi connectivity index (χ2v) is 13.4. The minimum atomic E-state index is -0.0980. The predicted molar refractivity (Wildman–Crippen MR) is 201 cm³/mol. The van der Waals surface area contributed by atoms with Crippen molar-refractivity contribution in [2.75, 3.05) is 10.2 Å². The van der Waals surface area contributed by atoms with E-state index >= 15 is 0 Å². The van der Waals surface area contributed by atoms with Crippen LogP contribution in [0.25, 0.3) is 33.0 Å². The summed E-state index contributed by atoms with van der Waals surface area (Å²) < 4.78 is 0. The topological polar surface area (TPSA) is 15.3 Å². The monoisotopic (exact) mass is 601 g/mol. The molecule has 0 aliphatic carbocycles. The average Bonchev–Trinajstić information content (AvgIpc) is 3.10. The number of benzene rings is 7. The molecule has 2 heterocycles. The molecule has 47 heavy (non-hydrogen) atoms. The van der Waals surface area contributed by atoms with Crippen LogP contribution in [0.2, 0.25) is 0 Å². The minimum absolute atomic E-state index is 0.0980. The quantitative estimate of drug-likeness (QED) is 0.202. The van der Waals surface area contributed by atoms with Gasteiger partial charge >= 0.3 is 0 Å². The van der Waals surface area contributed by atoms with E-state index in [-0.39, 0.29) is 5.41 Å². The molecule has 7 aromatic carbocycles. The Kier molecular flexibility index (Phi) is 6.20. The highest BCUT2D eigenvalue weighted by atomic mass is 15.2. The maximum Gasteiger partial charge on any atom is 0.197 e. The molecule has 2 aliphatic heterocycles. The maximum atomic E-state index is 3.83. The number of rotatable bonds is 4. The first-order chi connectivity index (χ1) is 23.0. The lowest BCUT2D eigenvalue weighted by Crippen LogP contribution is -2.45. The Morgan fingerprint density at radius 3 is 2.19 bits per heavy atom. The highest BCUT2D eigenvalue weighted by Gasteiger charge is 2.41. The summed E-state index contributed by atoms with van der Waals surface area (Å²) in [6.45, 7) is 6.94. The summed E-state index contributed by atoms with van der Waals surface area (Å²) >= 11 is 0. The molecule has 223 valence electrons. The number of fused-ring (bicyclic) bond motifs is 5. The summed E-state index contributed by atoms with van der Waals surface area (Å²) in [5.74, 6) is 0. The fourth-order valence-corrected chi connectivity index (χ4v) is 7.82. The number of hydrogen-bond acceptors (Lipinski definition) is 2. The standard InChI is InChI=1S/C44H34BN2/c1-28-26-34(42-40(27-28)47-39-19-10-9-16-35(39)44(2,3)36-17-11-18-37(45-42)43(36)47)41-33-15-8-7-14-31(33)22-25-38(41)46-32-23-20-30(21-24-32)29-12-5-4-6-13-29/h4-27,46H,1-3H3. The molecule has 0 fully saturated rings. The summed E-state index contributed by atoms with van der Waals surface area (Å²) in [5, 5.41) is 6.30. The van der Waals surface area contributed by atoms with Crippen molar-refractivity contribution in [2.24, 2.45) is 0 Å². The molecule has 0 bridgehead atoms. The van der Waals surface area contributed by atoms with Gasteiger partial charge in [0.15, 0.2) is 7.28 Å². The molecule has 2 aliphatic rings. The van der Waals surface area contributed by atoms with Crippen molar-refractivity contribution in [1.82, 2.24) is 0 Å². The summed E-state index contributed by atoms with van der Waals surface area (Å²) in [7, 11) is 2.42. The van der Waals surface area contributed by atoms with Gasteiger partial charge in [-0.25, -0.2) is 0 Å². The zero-order chi connectivity index (χ0) is 31.7. The van der Waals surface area contributed by atoms with Crippen LogP contribution in [0.15, 0.2) is 146 Å². The van der Waals surface area contributed by atoms with E-state index in [1.165, 1.54) is 77.7 Å². The number of hydrogen-bond donors (Lipinski definition) is 1. The van der Waals surface area contributed by atoms with E-state index in [9.17, 15) is 0 Å². The first kappa shape index (κ1) is 27.7. The van der Waals surface area contributed by atoms with E-state index in [1.54, 1.807) is 0 Å². The van der Waals surface area contributed by atoms with Crippen molar-refractivity contribution in [3.05, 3.63) is 162 Å². The Bertz CT molecular complexity index is 2340. The van der Waals surface area contributed by atoms with Crippen LogP contribution in [0.5, 0.6) is 0 Å². The van der Waals surface area contributed by atoms with E-state index in [2.05, 4.69) is 184 Å². The lowest BCUT2D eigenvalue weighted by molar-refractivity contribution is 0.632. The lowest BCUT2D eigenvalue weighted by atomic mass is 9.55. The number of para-hydroxylation sites is 2. The van der Waals surface area contributed by atoms with Gasteiger partial charge in [-0.2, -0.15) is 0 Å². The summed E-state index contributed by atoms with van der Waals surface area (Å²) in [6, 6.07) is 53.0. The van der Waals surface area contributed by atoms with Crippen molar-refractivity contribution in [3.8, 4) is 22.3 Å². The van der Waals surface area contributed by atoms with E-state index in [1.807, 2.05) is 0 Å². The first-order valence-corrected chi connectivity index (χ1v) is 16.4. The predicted octanol–water partition coefficient (Wildman–Crippen LogP) is 10.3. The average molecular weight is 602 g/mol. The van der Waals surface area contributed by atoms with Crippen LogP contribution in [0.3, 0.4) is 0 Å². The van der Waals surface area contributed by atoms with Crippen molar-refractivity contribution in [3.63, 3.8) is 0 Å². The van der Waals surface area contributed by atoms with Gasteiger partial charge in [0, 0.05) is 33.7 Å². The fraction of sp³-hybridized carbons (Fsp3) is 0.0909. The Morgan fingerprint density at radius 1 is 0.617 bits per heavy atom. The van der Waals surface area contributed by atoms with E-state index in [0.717, 1.165) is 11.4 Å². The summed E-state index contributed by atoms with van der Waals surface area (Å²) in [4.78, 5) is 2.53. The van der Waals surface area contributed by atoms with Gasteiger partial charge in [0.2, 0.25) is 0 Å². The molecular formula is C44H34BN2. The van der Waals surface area contributed by atoms with Crippen LogP contribution in [0, 0.1) is 6.92 Å². The molecule has 9 rings (SSSR count). The number of nitrogens with zero attached hydrogens (tertiary/aromatic N) is 1. The Hall–Kier alpha value is -5.54. The molecule has 0 amide bonds. The summed E-state index contributed by atoms with van der Waals surface area (Å²) in [6.07, 6.45) is 0. The third-order valence-corrected chi connectivity index (χ3v) is 10.1. The molecule has 7 aromatic rings. The smallest absolute Gasteiger partial charge is 0.197 e. The number of aryl methyl sites for hydroxylation is 1. The SMILES string of the molecule is Cc1cc(-c2c(Nc3ccc(-c4ccccc4)cc3)ccc3ccccc23)c2c(c1)N1c3ccccc3C(C)(C)c3cccc(c31)[B]2. The minimum Gasteiger partial charge on any atom is -0.355 e. The van der Waals surface area contributed by atoms with E-state index < -0.39 is 0 Å². The fourth-order valence-electron chi connectivity index (χ4n) is 7.82. The van der Waals surface area contributed by atoms with E-state index in [4.69, 9.17) is 0 Å². The van der Waals surface area contributed by atoms with Crippen molar-refractivity contribution < 1.29 is 0 Å². The van der Waals surface area contributed by atoms with Crippen LogP contribution in [0.4, 0.5) is 28.4 Å². The van der Waals surface area contributed by atoms with Crippen molar-refractivity contribution in [2.45, 2.75) is 26.2 Å². The zero-order valence-electron chi connectivity index (χ0n) is 26.9. The van der Waals surface area contributed by atoms with Crippen LogP contribution in [-0.2, 0) is 5.41 Å². The van der Waals surface area contributed by atoms with Gasteiger partial charge in [-0.3, -0.25) is 0 Å². The number of anilines is 5. The van der Waals surface area contributed by atoms with Gasteiger partial charge in [0.1, 0.15) is 0 Å². The summed E-state index contributed by atoms with van der Waals surface area (Å²) in [5.41, 5.74) is 17.2. The highest BCUT2D eigenvalue weighted by Crippen LogP contribution is 2.52. The third-order valence-electron chi connectivity index (χ3n) is 10.1. The second-order valence-electron chi connectivity index (χ2n) is 13.4. The molecule has 0 spiro atoms. The molecule has 3 heteroatoms. The first-order valence-electron chi connectivity index (χ1n) is 16.4. The second kappa shape index (κ2) is 10.5. The normalized spacial score (nSPS) is 13.7. The molecule has 0 aromatic heterocycles. The van der Waals surface area contributed by atoms with Gasteiger partial charge < -0.3 is 10.2 Å². The van der Waals surface area contributed by atoms with Crippen molar-refractivity contribution >= 4 is 57.4 Å². The molecule has 2 nitrogen and oxygen atoms in total. The largest absolute Gasteiger partial charge is 0.355 e. The van der Waals surface area contributed by atoms with Gasteiger partial charge in [-0.05, 0) is 86.9 Å². The lowest BCUT2D eigenvalue weighted by Gasteiger charge is -2.46. The Balaban J connectivity index is 1.24. The zero-order valence-corrected chi connectivity index (χ0v) is 26.9. The van der Waals surface area contributed by atoms with Crippen LogP contribution in [-0.4, -0.2) is 7.28 Å². The molecule has 1 radical (unpaired) electrons. The van der Waals surface area contributed by atoms with Gasteiger partial charge in [-0.15, -0.1) is 0 Å². The number of nitrogens with one attached hydrogen (secondary N) is 1. The highest BCUT2D eigenvalue weighted by molar-refractivity contribution is 6.73. The molecule has 0 saturated heterocycles. The Labute approximate surface area is 277 Å². The molecular weight excluding hydrogens is 567 g/mol. The molecule has 0 saturated carbocycles. The van der Waals surface area contributed by atoms with Crippen molar-refractivity contribution in [1.29, 1.82) is 0 Å². The van der Waals surface area contributed by atoms with Crippen LogP contribution < -0.4 is 21.1 Å².